The molecule has 1 saturated carbocycles. The maximum Gasteiger partial charge on any atom is 0.315 e. The highest BCUT2D eigenvalue weighted by Crippen LogP contribution is 2.16. The zero-order valence-electron chi connectivity index (χ0n) is 10.2. The fourth-order valence-corrected chi connectivity index (χ4v) is 2.04. The average molecular weight is 239 g/mol. The van der Waals surface area contributed by atoms with Crippen LogP contribution in [0, 0.1) is 0 Å². The summed E-state index contributed by atoms with van der Waals surface area (Å²) in [5.41, 5.74) is 8.07. The minimum absolute atomic E-state index is 0.0688. The molecule has 2 N–H and O–H groups in total. The predicted molar refractivity (Wildman–Crippen MR) is 66.7 cm³/mol. The lowest BCUT2D eigenvalue weighted by Crippen LogP contribution is -2.43. The highest BCUT2D eigenvalue weighted by molar-refractivity contribution is 5.74. The maximum absolute atomic E-state index is 11.5. The van der Waals surface area contributed by atoms with Crippen molar-refractivity contribution < 1.29 is 4.79 Å². The van der Waals surface area contributed by atoms with E-state index in [1.165, 1.54) is 19.3 Å². The summed E-state index contributed by atoms with van der Waals surface area (Å²) in [5, 5.41) is 9.25. The first kappa shape index (κ1) is 13.6. The molecule has 17 heavy (non-hydrogen) atoms. The van der Waals surface area contributed by atoms with E-state index < -0.39 is 0 Å². The van der Waals surface area contributed by atoms with Crippen molar-refractivity contribution in [3.63, 3.8) is 0 Å². The predicted octanol–water partition coefficient (Wildman–Crippen LogP) is 2.71. The Kier molecular flexibility index (Phi) is 6.98. The van der Waals surface area contributed by atoms with Gasteiger partial charge >= 0.3 is 6.03 Å². The van der Waals surface area contributed by atoms with Crippen molar-refractivity contribution in [1.82, 2.24) is 10.6 Å². The van der Waals surface area contributed by atoms with E-state index in [1.54, 1.807) is 0 Å². The van der Waals surface area contributed by atoms with Crippen molar-refractivity contribution in [3.8, 4) is 0 Å². The number of carbonyl (C=O) groups is 1. The summed E-state index contributed by atoms with van der Waals surface area (Å²) in [4.78, 5) is 14.2. The van der Waals surface area contributed by atoms with Gasteiger partial charge in [0.05, 0.1) is 0 Å². The van der Waals surface area contributed by atoms with Gasteiger partial charge in [-0.05, 0) is 31.2 Å². The van der Waals surface area contributed by atoms with Crippen LogP contribution in [0.4, 0.5) is 4.79 Å². The number of unbranched alkanes of at least 4 members (excludes halogenated alkanes) is 1. The summed E-state index contributed by atoms with van der Waals surface area (Å²) in [6, 6.07) is 0.285. The minimum atomic E-state index is -0.0688. The normalized spacial score (nSPS) is 16.0. The van der Waals surface area contributed by atoms with Crippen LogP contribution < -0.4 is 10.6 Å². The minimum Gasteiger partial charge on any atom is -0.338 e. The molecule has 96 valence electrons. The van der Waals surface area contributed by atoms with E-state index in [2.05, 4.69) is 20.7 Å². The molecule has 1 aliphatic rings. The van der Waals surface area contributed by atoms with Gasteiger partial charge in [0.2, 0.25) is 0 Å². The van der Waals surface area contributed by atoms with Crippen molar-refractivity contribution in [2.75, 3.05) is 13.1 Å². The second kappa shape index (κ2) is 8.70. The van der Waals surface area contributed by atoms with E-state index in [4.69, 9.17) is 5.53 Å². The smallest absolute Gasteiger partial charge is 0.315 e. The Morgan fingerprint density at radius 2 is 2.06 bits per heavy atom. The first-order valence-electron chi connectivity index (χ1n) is 6.38. The first-order chi connectivity index (χ1) is 8.33. The summed E-state index contributed by atoms with van der Waals surface area (Å²) in [5.74, 6) is 0. The molecule has 1 fully saturated rings. The number of nitrogens with zero attached hydrogens (tertiary/aromatic N) is 3. The number of nitrogens with one attached hydrogen (secondary N) is 2. The molecule has 1 aliphatic carbocycles. The number of azide groups is 1. The molecular formula is C11H21N5O. The molecule has 0 aromatic rings. The third-order valence-corrected chi connectivity index (χ3v) is 2.97. The third-order valence-electron chi connectivity index (χ3n) is 2.97. The van der Waals surface area contributed by atoms with Crippen LogP contribution in [0.5, 0.6) is 0 Å². The molecule has 0 aliphatic heterocycles. The van der Waals surface area contributed by atoms with Crippen molar-refractivity contribution in [2.24, 2.45) is 5.11 Å². The monoisotopic (exact) mass is 239 g/mol. The van der Waals surface area contributed by atoms with E-state index in [1.807, 2.05) is 0 Å². The van der Waals surface area contributed by atoms with Gasteiger partial charge in [-0.2, -0.15) is 0 Å². The number of rotatable bonds is 6. The van der Waals surface area contributed by atoms with Gasteiger partial charge in [-0.1, -0.05) is 24.4 Å². The van der Waals surface area contributed by atoms with Gasteiger partial charge in [0.15, 0.2) is 0 Å². The molecule has 2 amide bonds. The molecule has 0 spiro atoms. The number of urea groups is 1. The molecule has 6 nitrogen and oxygen atoms in total. The lowest BCUT2D eigenvalue weighted by Gasteiger charge is -2.22. The molecule has 0 atom stereocenters. The van der Waals surface area contributed by atoms with Crippen LogP contribution in [-0.4, -0.2) is 25.2 Å². The van der Waals surface area contributed by atoms with Crippen LogP contribution in [0.1, 0.15) is 44.9 Å². The van der Waals surface area contributed by atoms with Crippen LogP contribution in [0.25, 0.3) is 10.4 Å². The van der Waals surface area contributed by atoms with Crippen molar-refractivity contribution in [3.05, 3.63) is 10.4 Å². The number of hydrogen-bond donors (Lipinski definition) is 2. The fraction of sp³-hybridized carbons (Fsp3) is 0.909. The molecule has 0 unspecified atom stereocenters. The summed E-state index contributed by atoms with van der Waals surface area (Å²) in [6.07, 6.45) is 7.59. The average Bonchev–Trinajstić information content (AvgIpc) is 2.35. The summed E-state index contributed by atoms with van der Waals surface area (Å²) in [6.45, 7) is 1.14. The Morgan fingerprint density at radius 1 is 1.29 bits per heavy atom. The zero-order chi connectivity index (χ0) is 12.3. The Hall–Kier alpha value is -1.42. The van der Waals surface area contributed by atoms with E-state index >= 15 is 0 Å². The van der Waals surface area contributed by atoms with Gasteiger partial charge in [-0.3, -0.25) is 0 Å². The van der Waals surface area contributed by atoms with Gasteiger partial charge in [0.25, 0.3) is 0 Å². The number of carbonyl (C=O) groups excluding carboxylic acids is 1. The summed E-state index contributed by atoms with van der Waals surface area (Å²) < 4.78 is 0. The van der Waals surface area contributed by atoms with E-state index in [0.717, 1.165) is 25.7 Å². The second-order valence-electron chi connectivity index (χ2n) is 4.40. The van der Waals surface area contributed by atoms with Crippen LogP contribution >= 0.6 is 0 Å². The number of amides is 2. The summed E-state index contributed by atoms with van der Waals surface area (Å²) >= 11 is 0. The van der Waals surface area contributed by atoms with Crippen molar-refractivity contribution in [2.45, 2.75) is 51.0 Å². The van der Waals surface area contributed by atoms with E-state index in [9.17, 15) is 4.79 Å². The van der Waals surface area contributed by atoms with E-state index in [-0.39, 0.29) is 6.03 Å². The van der Waals surface area contributed by atoms with Gasteiger partial charge in [0, 0.05) is 24.0 Å². The van der Waals surface area contributed by atoms with Gasteiger partial charge in [-0.25, -0.2) is 4.79 Å². The van der Waals surface area contributed by atoms with Gasteiger partial charge in [-0.15, -0.1) is 0 Å². The molecular weight excluding hydrogens is 218 g/mol. The van der Waals surface area contributed by atoms with Gasteiger partial charge in [0.1, 0.15) is 0 Å². The maximum atomic E-state index is 11.5. The molecule has 0 bridgehead atoms. The zero-order valence-corrected chi connectivity index (χ0v) is 10.2. The highest BCUT2D eigenvalue weighted by Gasteiger charge is 2.14. The largest absolute Gasteiger partial charge is 0.338 e. The SMILES string of the molecule is [N-]=[N+]=NCCCCNC(=O)NC1CCCCC1. The Morgan fingerprint density at radius 3 is 2.76 bits per heavy atom. The Balaban J connectivity index is 1.98. The highest BCUT2D eigenvalue weighted by atomic mass is 16.2. The van der Waals surface area contributed by atoms with Crippen molar-refractivity contribution >= 4 is 6.03 Å². The van der Waals surface area contributed by atoms with Crippen molar-refractivity contribution in [1.29, 1.82) is 0 Å². The third kappa shape index (κ3) is 6.68. The topological polar surface area (TPSA) is 89.9 Å². The lowest BCUT2D eigenvalue weighted by atomic mass is 9.96. The van der Waals surface area contributed by atoms with Crippen LogP contribution in [0.15, 0.2) is 5.11 Å². The summed E-state index contributed by atoms with van der Waals surface area (Å²) in [7, 11) is 0. The van der Waals surface area contributed by atoms with Crippen LogP contribution in [0.2, 0.25) is 0 Å². The lowest BCUT2D eigenvalue weighted by molar-refractivity contribution is 0.232. The van der Waals surface area contributed by atoms with Crippen LogP contribution in [-0.2, 0) is 0 Å². The van der Waals surface area contributed by atoms with Gasteiger partial charge < -0.3 is 10.6 Å². The fourth-order valence-electron chi connectivity index (χ4n) is 2.04. The van der Waals surface area contributed by atoms with Crippen LogP contribution in [0.3, 0.4) is 0 Å². The second-order valence-corrected chi connectivity index (χ2v) is 4.40. The Labute approximate surface area is 102 Å². The Bertz CT molecular complexity index is 269. The molecule has 0 saturated heterocycles. The molecule has 0 aromatic carbocycles. The quantitative estimate of drug-likeness (QED) is 0.317. The standard InChI is InChI=1S/C11H21N5O/c12-16-14-9-5-4-8-13-11(17)15-10-6-2-1-3-7-10/h10H,1-9H2,(H2,13,15,17). The van der Waals surface area contributed by atoms with E-state index in [0.29, 0.717) is 19.1 Å². The number of hydrogen-bond acceptors (Lipinski definition) is 2. The molecule has 6 heteroatoms. The molecule has 0 aromatic heterocycles. The first-order valence-corrected chi connectivity index (χ1v) is 6.38. The molecule has 0 radical (unpaired) electrons. The molecule has 0 heterocycles. The molecule has 1 rings (SSSR count).